The van der Waals surface area contributed by atoms with Crippen LogP contribution >= 0.6 is 11.3 Å². The fourth-order valence-electron chi connectivity index (χ4n) is 3.85. The highest BCUT2D eigenvalue weighted by Gasteiger charge is 2.24. The Balaban J connectivity index is 1.43. The lowest BCUT2D eigenvalue weighted by Crippen LogP contribution is -3.13. The van der Waals surface area contributed by atoms with Gasteiger partial charge < -0.3 is 9.80 Å². The molecule has 2 aromatic heterocycles. The maximum atomic E-state index is 12.4. The van der Waals surface area contributed by atoms with Crippen LogP contribution in [0.3, 0.4) is 0 Å². The van der Waals surface area contributed by atoms with E-state index in [0.29, 0.717) is 0 Å². The topological polar surface area (TPSA) is 66.7 Å². The van der Waals surface area contributed by atoms with E-state index in [2.05, 4.69) is 33.2 Å². The van der Waals surface area contributed by atoms with E-state index in [4.69, 9.17) is 4.98 Å². The first-order chi connectivity index (χ1) is 14.5. The number of thiazole rings is 1. The van der Waals surface area contributed by atoms with Crippen molar-refractivity contribution in [1.82, 2.24) is 15.0 Å². The summed E-state index contributed by atoms with van der Waals surface area (Å²) < 4.78 is 0. The van der Waals surface area contributed by atoms with Gasteiger partial charge in [-0.1, -0.05) is 17.7 Å². The Bertz CT molecular complexity index is 1010. The zero-order valence-corrected chi connectivity index (χ0v) is 18.4. The Kier molecular flexibility index (Phi) is 6.06. The lowest BCUT2D eigenvalue weighted by Gasteiger charge is -2.31. The number of nitrogens with zero attached hydrogens (tertiary/aromatic N) is 5. The molecule has 1 fully saturated rings. The van der Waals surface area contributed by atoms with Gasteiger partial charge in [-0.3, -0.25) is 9.69 Å². The Labute approximate surface area is 181 Å². The minimum Gasteiger partial charge on any atom is -0.330 e. The van der Waals surface area contributed by atoms with Crippen molar-refractivity contribution in [1.29, 1.82) is 0 Å². The smallest absolute Gasteiger partial charge is 0.230 e. The van der Waals surface area contributed by atoms with E-state index in [1.165, 1.54) is 21.8 Å². The predicted molar refractivity (Wildman–Crippen MR) is 119 cm³/mol. The van der Waals surface area contributed by atoms with Crippen LogP contribution in [0.2, 0.25) is 0 Å². The van der Waals surface area contributed by atoms with E-state index in [9.17, 15) is 4.79 Å². The second-order valence-electron chi connectivity index (χ2n) is 7.73. The third-order valence-electron chi connectivity index (χ3n) is 5.38. The molecule has 1 saturated heterocycles. The van der Waals surface area contributed by atoms with Crippen molar-refractivity contribution in [3.63, 3.8) is 0 Å². The van der Waals surface area contributed by atoms with Gasteiger partial charge in [-0.15, -0.1) is 11.3 Å². The minimum absolute atomic E-state index is 0.0216. The van der Waals surface area contributed by atoms with E-state index in [1.54, 1.807) is 24.2 Å². The number of hydrogen-bond donors (Lipinski definition) is 1. The molecule has 1 aromatic carbocycles. The van der Waals surface area contributed by atoms with E-state index in [1.807, 2.05) is 25.1 Å². The third-order valence-corrected chi connectivity index (χ3v) is 6.25. The Morgan fingerprint density at radius 3 is 2.60 bits per heavy atom. The van der Waals surface area contributed by atoms with Gasteiger partial charge in [0.25, 0.3) is 0 Å². The molecule has 1 N–H and O–H groups in total. The van der Waals surface area contributed by atoms with Gasteiger partial charge in [0, 0.05) is 24.7 Å². The Morgan fingerprint density at radius 2 is 1.93 bits per heavy atom. The molecule has 1 amide bonds. The molecular formula is C22H27N6OS+. The molecule has 0 spiro atoms. The van der Waals surface area contributed by atoms with Crippen LogP contribution in [0.1, 0.15) is 23.7 Å². The van der Waals surface area contributed by atoms with Gasteiger partial charge in [0.1, 0.15) is 12.2 Å². The lowest BCUT2D eigenvalue weighted by molar-refractivity contribution is -0.914. The maximum absolute atomic E-state index is 12.4. The monoisotopic (exact) mass is 423 g/mol. The number of carbonyl (C=O) groups is 1. The van der Waals surface area contributed by atoms with E-state index < -0.39 is 0 Å². The molecule has 0 unspecified atom stereocenters. The van der Waals surface area contributed by atoms with E-state index in [0.717, 1.165) is 60.7 Å². The summed E-state index contributed by atoms with van der Waals surface area (Å²) in [5.74, 6) is 0.782. The summed E-state index contributed by atoms with van der Waals surface area (Å²) in [7, 11) is 0. The number of carbonyl (C=O) groups excluding carboxylic acids is 1. The molecule has 1 aliphatic rings. The molecule has 8 heteroatoms. The highest BCUT2D eigenvalue weighted by atomic mass is 32.1. The van der Waals surface area contributed by atoms with Crippen molar-refractivity contribution in [2.45, 2.75) is 27.3 Å². The van der Waals surface area contributed by atoms with Gasteiger partial charge in [0.2, 0.25) is 11.9 Å². The molecule has 3 heterocycles. The van der Waals surface area contributed by atoms with Gasteiger partial charge in [-0.2, -0.15) is 0 Å². The zero-order chi connectivity index (χ0) is 21.1. The summed E-state index contributed by atoms with van der Waals surface area (Å²) in [5, 5.41) is 2.81. The summed E-state index contributed by atoms with van der Waals surface area (Å²) in [5.41, 5.74) is 4.19. The quantitative estimate of drug-likeness (QED) is 0.681. The molecule has 156 valence electrons. The molecule has 3 aromatic rings. The predicted octanol–water partition coefficient (Wildman–Crippen LogP) is 2.14. The second-order valence-corrected chi connectivity index (χ2v) is 8.56. The number of hydrogen-bond acceptors (Lipinski definition) is 6. The van der Waals surface area contributed by atoms with Crippen molar-refractivity contribution < 1.29 is 9.69 Å². The van der Waals surface area contributed by atoms with E-state index in [-0.39, 0.29) is 5.91 Å². The largest absolute Gasteiger partial charge is 0.330 e. The number of anilines is 3. The van der Waals surface area contributed by atoms with Crippen molar-refractivity contribution in [2.75, 3.05) is 36.0 Å². The molecular weight excluding hydrogens is 396 g/mol. The zero-order valence-electron chi connectivity index (χ0n) is 17.6. The number of amides is 1. The highest BCUT2D eigenvalue weighted by molar-refractivity contribution is 7.14. The average Bonchev–Trinajstić information content (AvgIpc) is 3.19. The number of rotatable bonds is 5. The molecule has 0 bridgehead atoms. The SMILES string of the molecule is CC(=O)N(c1nc(C[NH+]2CCN(c3ncccn3)CC2)cs1)c1ccc(C)cc1C. The normalized spacial score (nSPS) is 14.7. The lowest BCUT2D eigenvalue weighted by atomic mass is 10.1. The van der Waals surface area contributed by atoms with Crippen LogP contribution in [0.25, 0.3) is 0 Å². The first kappa shape index (κ1) is 20.4. The average molecular weight is 424 g/mol. The van der Waals surface area contributed by atoms with Gasteiger partial charge in [0.05, 0.1) is 31.9 Å². The molecule has 4 rings (SSSR count). The molecule has 30 heavy (non-hydrogen) atoms. The fraction of sp³-hybridized carbons (Fsp3) is 0.364. The van der Waals surface area contributed by atoms with Crippen molar-refractivity contribution in [3.8, 4) is 0 Å². The minimum atomic E-state index is -0.0216. The molecule has 0 aliphatic carbocycles. The molecule has 1 aliphatic heterocycles. The third kappa shape index (κ3) is 4.49. The number of benzene rings is 1. The number of aromatic nitrogens is 3. The van der Waals surface area contributed by atoms with Crippen LogP contribution in [0, 0.1) is 13.8 Å². The summed E-state index contributed by atoms with van der Waals surface area (Å²) in [4.78, 5) is 31.4. The number of piperazine rings is 1. The molecule has 0 radical (unpaired) electrons. The molecule has 0 atom stereocenters. The standard InChI is InChI=1S/C22H26N6OS/c1-16-5-6-20(17(2)13-16)28(18(3)29)22-25-19(15-30-22)14-26-9-11-27(12-10-26)21-23-7-4-8-24-21/h4-8,13,15H,9-12,14H2,1-3H3/p+1. The summed E-state index contributed by atoms with van der Waals surface area (Å²) >= 11 is 1.53. The summed E-state index contributed by atoms with van der Waals surface area (Å²) in [6.45, 7) is 10.4. The maximum Gasteiger partial charge on any atom is 0.230 e. The second kappa shape index (κ2) is 8.89. The van der Waals surface area contributed by atoms with Gasteiger partial charge in [0.15, 0.2) is 5.13 Å². The van der Waals surface area contributed by atoms with Crippen LogP contribution in [-0.4, -0.2) is 47.0 Å². The number of nitrogens with one attached hydrogen (secondary N) is 1. The summed E-state index contributed by atoms with van der Waals surface area (Å²) in [6.07, 6.45) is 3.57. The summed E-state index contributed by atoms with van der Waals surface area (Å²) in [6, 6.07) is 7.98. The van der Waals surface area contributed by atoms with Gasteiger partial charge in [-0.25, -0.2) is 15.0 Å². The number of quaternary nitrogens is 1. The van der Waals surface area contributed by atoms with Crippen LogP contribution in [0.4, 0.5) is 16.8 Å². The number of aryl methyl sites for hydroxylation is 2. The first-order valence-electron chi connectivity index (χ1n) is 10.2. The molecule has 0 saturated carbocycles. The van der Waals surface area contributed by atoms with Crippen LogP contribution in [0.5, 0.6) is 0 Å². The van der Waals surface area contributed by atoms with E-state index >= 15 is 0 Å². The van der Waals surface area contributed by atoms with Crippen molar-refractivity contribution in [2.24, 2.45) is 0 Å². The van der Waals surface area contributed by atoms with Crippen molar-refractivity contribution in [3.05, 3.63) is 58.9 Å². The van der Waals surface area contributed by atoms with Crippen molar-refractivity contribution >= 4 is 34.0 Å². The Morgan fingerprint density at radius 1 is 1.20 bits per heavy atom. The fourth-order valence-corrected chi connectivity index (χ4v) is 4.73. The van der Waals surface area contributed by atoms with Crippen LogP contribution in [0.15, 0.2) is 42.0 Å². The van der Waals surface area contributed by atoms with Crippen LogP contribution in [-0.2, 0) is 11.3 Å². The van der Waals surface area contributed by atoms with Crippen LogP contribution < -0.4 is 14.7 Å². The Hall–Kier alpha value is -2.84. The van der Waals surface area contributed by atoms with Gasteiger partial charge >= 0.3 is 0 Å². The first-order valence-corrected chi connectivity index (χ1v) is 11.1. The molecule has 7 nitrogen and oxygen atoms in total. The van der Waals surface area contributed by atoms with Gasteiger partial charge in [-0.05, 0) is 31.5 Å². The highest BCUT2D eigenvalue weighted by Crippen LogP contribution is 2.31.